The molecule has 90 valence electrons. The fraction of sp³-hybridized carbons (Fsp3) is 0.538. The number of hydrogen-bond acceptors (Lipinski definition) is 3. The summed E-state index contributed by atoms with van der Waals surface area (Å²) >= 11 is 0. The molecule has 1 rings (SSSR count). The van der Waals surface area contributed by atoms with Crippen molar-refractivity contribution in [2.24, 2.45) is 0 Å². The molecule has 0 radical (unpaired) electrons. The highest BCUT2D eigenvalue weighted by atomic mass is 16.6. The number of aryl methyl sites for hydroxylation is 2. The first-order valence-electron chi connectivity index (χ1n) is 5.58. The second-order valence-electron chi connectivity index (χ2n) is 3.89. The van der Waals surface area contributed by atoms with Gasteiger partial charge in [-0.25, -0.2) is 0 Å². The van der Waals surface area contributed by atoms with E-state index in [1.54, 1.807) is 6.92 Å². The summed E-state index contributed by atoms with van der Waals surface area (Å²) < 4.78 is 10.8. The summed E-state index contributed by atoms with van der Waals surface area (Å²) in [6.07, 6.45) is -1.26. The Kier molecular flexibility index (Phi) is 4.77. The topological polar surface area (TPSA) is 38.7 Å². The third-order valence-corrected chi connectivity index (χ3v) is 2.45. The van der Waals surface area contributed by atoms with Crippen LogP contribution in [0.5, 0.6) is 5.75 Å². The Balaban J connectivity index is 2.72. The van der Waals surface area contributed by atoms with Gasteiger partial charge in [0.2, 0.25) is 0 Å². The maximum absolute atomic E-state index is 9.61. The van der Waals surface area contributed by atoms with Gasteiger partial charge in [-0.15, -0.1) is 0 Å². The zero-order valence-electron chi connectivity index (χ0n) is 10.4. The van der Waals surface area contributed by atoms with E-state index >= 15 is 0 Å². The highest BCUT2D eigenvalue weighted by Crippen LogP contribution is 2.24. The Hall–Kier alpha value is -1.06. The molecule has 0 saturated heterocycles. The predicted octanol–water partition coefficient (Wildman–Crippen LogP) is 2.43. The quantitative estimate of drug-likeness (QED) is 0.781. The van der Waals surface area contributed by atoms with Crippen LogP contribution in [0, 0.1) is 13.8 Å². The molecule has 0 unspecified atom stereocenters. The van der Waals surface area contributed by atoms with Crippen molar-refractivity contribution in [3.8, 4) is 5.75 Å². The van der Waals surface area contributed by atoms with Crippen LogP contribution in [0.25, 0.3) is 0 Å². The molecule has 0 aliphatic heterocycles. The summed E-state index contributed by atoms with van der Waals surface area (Å²) in [5, 5.41) is 9.61. The van der Waals surface area contributed by atoms with Gasteiger partial charge in [-0.3, -0.25) is 0 Å². The monoisotopic (exact) mass is 224 g/mol. The van der Waals surface area contributed by atoms with Crippen molar-refractivity contribution in [1.29, 1.82) is 0 Å². The van der Waals surface area contributed by atoms with Crippen molar-refractivity contribution >= 4 is 0 Å². The van der Waals surface area contributed by atoms with Crippen molar-refractivity contribution in [2.75, 3.05) is 6.61 Å². The summed E-state index contributed by atoms with van der Waals surface area (Å²) in [6, 6.07) is 5.96. The van der Waals surface area contributed by atoms with Crippen LogP contribution in [0.1, 0.15) is 25.0 Å². The van der Waals surface area contributed by atoms with Gasteiger partial charge in [0.1, 0.15) is 11.9 Å². The Morgan fingerprint density at radius 3 is 2.31 bits per heavy atom. The van der Waals surface area contributed by atoms with Crippen molar-refractivity contribution < 1.29 is 14.6 Å². The number of aliphatic hydroxyl groups is 1. The molecule has 0 saturated carbocycles. The van der Waals surface area contributed by atoms with Gasteiger partial charge in [-0.1, -0.05) is 18.2 Å². The predicted molar refractivity (Wildman–Crippen MR) is 63.6 cm³/mol. The molecule has 0 aliphatic carbocycles. The van der Waals surface area contributed by atoms with Crippen LogP contribution in [-0.2, 0) is 4.74 Å². The molecule has 0 fully saturated rings. The van der Waals surface area contributed by atoms with Crippen LogP contribution in [0.2, 0.25) is 0 Å². The summed E-state index contributed by atoms with van der Waals surface area (Å²) in [7, 11) is 0. The molecule has 3 heteroatoms. The fourth-order valence-corrected chi connectivity index (χ4v) is 1.54. The lowest BCUT2D eigenvalue weighted by molar-refractivity contribution is -0.145. The van der Waals surface area contributed by atoms with Gasteiger partial charge >= 0.3 is 0 Å². The lowest BCUT2D eigenvalue weighted by Crippen LogP contribution is -2.31. The molecule has 0 bridgehead atoms. The summed E-state index contributed by atoms with van der Waals surface area (Å²) in [6.45, 7) is 8.09. The van der Waals surface area contributed by atoms with Crippen LogP contribution in [-0.4, -0.2) is 24.1 Å². The summed E-state index contributed by atoms with van der Waals surface area (Å²) in [4.78, 5) is 0. The smallest absolute Gasteiger partial charge is 0.191 e. The standard InChI is InChI=1S/C13H20O3/c1-5-15-13(14)11(4)16-12-9(2)7-6-8-10(12)3/h6-8,11,13-14H,5H2,1-4H3/t11-,13-/m1/s1. The molecule has 1 aromatic rings. The molecule has 0 aromatic heterocycles. The fourth-order valence-electron chi connectivity index (χ4n) is 1.54. The van der Waals surface area contributed by atoms with E-state index in [0.29, 0.717) is 6.61 Å². The van der Waals surface area contributed by atoms with Crippen LogP contribution >= 0.6 is 0 Å². The van der Waals surface area contributed by atoms with Gasteiger partial charge < -0.3 is 14.6 Å². The van der Waals surface area contributed by atoms with Gasteiger partial charge in [0.05, 0.1) is 0 Å². The SMILES string of the molecule is CCO[C@@H](O)[C@@H](C)Oc1c(C)cccc1C. The zero-order chi connectivity index (χ0) is 12.1. The van der Waals surface area contributed by atoms with Crippen LogP contribution < -0.4 is 4.74 Å². The number of rotatable bonds is 5. The van der Waals surface area contributed by atoms with Crippen LogP contribution in [0.15, 0.2) is 18.2 Å². The third-order valence-electron chi connectivity index (χ3n) is 2.45. The highest BCUT2D eigenvalue weighted by Gasteiger charge is 2.17. The first-order chi connectivity index (χ1) is 7.56. The van der Waals surface area contributed by atoms with Gasteiger partial charge in [0.25, 0.3) is 0 Å². The van der Waals surface area contributed by atoms with Gasteiger partial charge in [0, 0.05) is 6.61 Å². The molecule has 2 atom stereocenters. The van der Waals surface area contributed by atoms with E-state index in [9.17, 15) is 5.11 Å². The average molecular weight is 224 g/mol. The second kappa shape index (κ2) is 5.87. The maximum atomic E-state index is 9.61. The lowest BCUT2D eigenvalue weighted by atomic mass is 10.1. The number of aliphatic hydroxyl groups excluding tert-OH is 1. The molecule has 16 heavy (non-hydrogen) atoms. The molecular formula is C13H20O3. The average Bonchev–Trinajstić information content (AvgIpc) is 2.23. The zero-order valence-corrected chi connectivity index (χ0v) is 10.4. The van der Waals surface area contributed by atoms with E-state index in [0.717, 1.165) is 16.9 Å². The first-order valence-corrected chi connectivity index (χ1v) is 5.58. The molecule has 1 aromatic carbocycles. The number of ether oxygens (including phenoxy) is 2. The van der Waals surface area contributed by atoms with E-state index in [1.165, 1.54) is 0 Å². The molecule has 1 N–H and O–H groups in total. The number of benzene rings is 1. The molecule has 0 amide bonds. The Morgan fingerprint density at radius 1 is 1.25 bits per heavy atom. The van der Waals surface area contributed by atoms with E-state index < -0.39 is 6.29 Å². The molecule has 0 spiro atoms. The highest BCUT2D eigenvalue weighted by molar-refractivity contribution is 5.39. The minimum absolute atomic E-state index is 0.375. The van der Waals surface area contributed by atoms with Crippen molar-refractivity contribution in [3.63, 3.8) is 0 Å². The largest absolute Gasteiger partial charge is 0.485 e. The molecule has 0 aliphatic rings. The van der Waals surface area contributed by atoms with E-state index in [4.69, 9.17) is 9.47 Å². The Labute approximate surface area is 97.0 Å². The maximum Gasteiger partial charge on any atom is 0.191 e. The van der Waals surface area contributed by atoms with Gasteiger partial charge in [0.15, 0.2) is 6.29 Å². The van der Waals surface area contributed by atoms with E-state index in [-0.39, 0.29) is 6.10 Å². The minimum atomic E-state index is -0.885. The van der Waals surface area contributed by atoms with E-state index in [1.807, 2.05) is 39.0 Å². The normalized spacial score (nSPS) is 14.6. The molecular weight excluding hydrogens is 204 g/mol. The van der Waals surface area contributed by atoms with Crippen molar-refractivity contribution in [3.05, 3.63) is 29.3 Å². The van der Waals surface area contributed by atoms with Crippen molar-refractivity contribution in [1.82, 2.24) is 0 Å². The molecule has 3 nitrogen and oxygen atoms in total. The number of para-hydroxylation sites is 1. The Morgan fingerprint density at radius 2 is 1.81 bits per heavy atom. The van der Waals surface area contributed by atoms with E-state index in [2.05, 4.69) is 0 Å². The summed E-state index contributed by atoms with van der Waals surface area (Å²) in [5.74, 6) is 0.828. The van der Waals surface area contributed by atoms with Crippen molar-refractivity contribution in [2.45, 2.75) is 40.1 Å². The van der Waals surface area contributed by atoms with Crippen LogP contribution in [0.4, 0.5) is 0 Å². The summed E-state index contributed by atoms with van der Waals surface area (Å²) in [5.41, 5.74) is 2.13. The first kappa shape index (κ1) is 13.0. The minimum Gasteiger partial charge on any atom is -0.485 e. The third kappa shape index (κ3) is 3.22. The lowest BCUT2D eigenvalue weighted by Gasteiger charge is -2.22. The van der Waals surface area contributed by atoms with Gasteiger partial charge in [-0.05, 0) is 38.8 Å². The van der Waals surface area contributed by atoms with Gasteiger partial charge in [-0.2, -0.15) is 0 Å². The number of hydrogen-bond donors (Lipinski definition) is 1. The van der Waals surface area contributed by atoms with Crippen LogP contribution in [0.3, 0.4) is 0 Å². The second-order valence-corrected chi connectivity index (χ2v) is 3.89. The molecule has 0 heterocycles. The Bertz CT molecular complexity index is 316.